The van der Waals surface area contributed by atoms with Crippen LogP contribution in [0.2, 0.25) is 0 Å². The quantitative estimate of drug-likeness (QED) is 0.642. The lowest BCUT2D eigenvalue weighted by Gasteiger charge is -2.19. The van der Waals surface area contributed by atoms with Gasteiger partial charge < -0.3 is 4.90 Å². The molecule has 0 saturated carbocycles. The largest absolute Gasteiger partial charge is 0.339 e. The second kappa shape index (κ2) is 9.78. The summed E-state index contributed by atoms with van der Waals surface area (Å²) in [6.07, 6.45) is 5.39. The number of carbonyl (C=O) groups is 1. The molecule has 3 rings (SSSR count). The van der Waals surface area contributed by atoms with Crippen molar-refractivity contribution in [2.45, 2.75) is 48.4 Å². The third kappa shape index (κ3) is 5.62. The van der Waals surface area contributed by atoms with Gasteiger partial charge in [-0.05, 0) is 62.6 Å². The van der Waals surface area contributed by atoms with Crippen LogP contribution < -0.4 is 4.72 Å². The van der Waals surface area contributed by atoms with Gasteiger partial charge in [0.05, 0.1) is 10.5 Å². The van der Waals surface area contributed by atoms with Crippen LogP contribution in [0.3, 0.4) is 0 Å². The molecule has 1 saturated heterocycles. The van der Waals surface area contributed by atoms with E-state index in [0.717, 1.165) is 37.2 Å². The first-order valence-corrected chi connectivity index (χ1v) is 12.6. The average molecular weight is 433 g/mol. The van der Waals surface area contributed by atoms with Gasteiger partial charge in [0.15, 0.2) is 0 Å². The number of aryl methyl sites for hydroxylation is 1. The van der Waals surface area contributed by atoms with E-state index in [1.165, 1.54) is 23.4 Å². The molecule has 29 heavy (non-hydrogen) atoms. The van der Waals surface area contributed by atoms with E-state index in [9.17, 15) is 13.2 Å². The smallest absolute Gasteiger partial charge is 0.255 e. The number of benzene rings is 2. The van der Waals surface area contributed by atoms with E-state index < -0.39 is 10.0 Å². The highest BCUT2D eigenvalue weighted by Crippen LogP contribution is 2.26. The number of nitrogens with zero attached hydrogens (tertiary/aromatic N) is 1. The van der Waals surface area contributed by atoms with Crippen LogP contribution in [0.25, 0.3) is 0 Å². The van der Waals surface area contributed by atoms with E-state index in [-0.39, 0.29) is 16.8 Å². The van der Waals surface area contributed by atoms with Crippen LogP contribution >= 0.6 is 11.8 Å². The number of hydrogen-bond acceptors (Lipinski definition) is 4. The van der Waals surface area contributed by atoms with Crippen LogP contribution in [0.1, 0.15) is 42.1 Å². The topological polar surface area (TPSA) is 66.5 Å². The van der Waals surface area contributed by atoms with E-state index in [0.29, 0.717) is 12.0 Å². The van der Waals surface area contributed by atoms with Crippen molar-refractivity contribution in [1.29, 1.82) is 0 Å². The fraction of sp³-hybridized carbons (Fsp3) is 0.409. The molecule has 0 radical (unpaired) electrons. The predicted octanol–water partition coefficient (Wildman–Crippen LogP) is 3.94. The number of thioether (sulfide) groups is 1. The van der Waals surface area contributed by atoms with Gasteiger partial charge in [-0.15, -0.1) is 11.8 Å². The molecule has 1 N–H and O–H groups in total. The van der Waals surface area contributed by atoms with Gasteiger partial charge in [0.25, 0.3) is 5.91 Å². The van der Waals surface area contributed by atoms with Crippen molar-refractivity contribution in [1.82, 2.24) is 9.62 Å². The lowest BCUT2D eigenvalue weighted by atomic mass is 10.1. The van der Waals surface area contributed by atoms with E-state index >= 15 is 0 Å². The third-order valence-electron chi connectivity index (χ3n) is 5.17. The van der Waals surface area contributed by atoms with Crippen LogP contribution in [0.5, 0.6) is 0 Å². The first-order chi connectivity index (χ1) is 13.9. The van der Waals surface area contributed by atoms with Gasteiger partial charge in [-0.3, -0.25) is 4.79 Å². The van der Waals surface area contributed by atoms with Crippen LogP contribution in [0.15, 0.2) is 58.3 Å². The molecular formula is C22H28N2O3S2. The second-order valence-corrected chi connectivity index (χ2v) is 9.97. The highest BCUT2D eigenvalue weighted by Gasteiger charge is 2.25. The summed E-state index contributed by atoms with van der Waals surface area (Å²) in [4.78, 5) is 15.6. The monoisotopic (exact) mass is 432 g/mol. The van der Waals surface area contributed by atoms with Crippen molar-refractivity contribution in [2.24, 2.45) is 0 Å². The molecule has 5 nitrogen and oxygen atoms in total. The molecule has 2 aromatic carbocycles. The predicted molar refractivity (Wildman–Crippen MR) is 118 cm³/mol. The minimum absolute atomic E-state index is 0.0824. The third-order valence-corrected chi connectivity index (χ3v) is 7.55. The van der Waals surface area contributed by atoms with Gasteiger partial charge >= 0.3 is 0 Å². The molecular weight excluding hydrogens is 404 g/mol. The Labute approximate surface area is 177 Å². The molecule has 0 spiro atoms. The maximum Gasteiger partial charge on any atom is 0.255 e. The van der Waals surface area contributed by atoms with Crippen molar-refractivity contribution in [3.05, 3.63) is 59.7 Å². The minimum Gasteiger partial charge on any atom is -0.339 e. The number of carbonyl (C=O) groups excluding carboxylic acids is 1. The molecule has 0 bridgehead atoms. The number of amides is 1. The number of rotatable bonds is 8. The number of hydrogen-bond donors (Lipinski definition) is 1. The molecule has 0 aliphatic carbocycles. The highest BCUT2D eigenvalue weighted by atomic mass is 32.2. The van der Waals surface area contributed by atoms with Crippen molar-refractivity contribution < 1.29 is 13.2 Å². The molecule has 1 aliphatic heterocycles. The molecule has 1 heterocycles. The lowest BCUT2D eigenvalue weighted by molar-refractivity contribution is 0.0789. The average Bonchev–Trinajstić information content (AvgIpc) is 3.26. The number of likely N-dealkylation sites (tertiary alicyclic amines) is 1. The van der Waals surface area contributed by atoms with Gasteiger partial charge in [0.2, 0.25) is 10.0 Å². The maximum atomic E-state index is 12.9. The Balaban J connectivity index is 1.73. The van der Waals surface area contributed by atoms with Crippen LogP contribution in [-0.4, -0.2) is 44.6 Å². The Morgan fingerprint density at radius 1 is 1.14 bits per heavy atom. The maximum absolute atomic E-state index is 12.9. The zero-order valence-electron chi connectivity index (χ0n) is 16.9. The summed E-state index contributed by atoms with van der Waals surface area (Å²) in [6, 6.07) is 14.6. The molecule has 2 aromatic rings. The van der Waals surface area contributed by atoms with E-state index in [1.807, 2.05) is 43.5 Å². The first kappa shape index (κ1) is 21.9. The first-order valence-electron chi connectivity index (χ1n) is 9.94. The normalized spacial score (nSPS) is 15.4. The molecule has 0 aromatic heterocycles. The molecule has 1 aliphatic rings. The van der Waals surface area contributed by atoms with Gasteiger partial charge in [-0.25, -0.2) is 13.1 Å². The Kier molecular flexibility index (Phi) is 7.38. The zero-order valence-corrected chi connectivity index (χ0v) is 18.6. The summed E-state index contributed by atoms with van der Waals surface area (Å²) in [6.45, 7) is 3.34. The second-order valence-electron chi connectivity index (χ2n) is 7.41. The van der Waals surface area contributed by atoms with E-state index in [2.05, 4.69) is 4.72 Å². The summed E-state index contributed by atoms with van der Waals surface area (Å²) >= 11 is 1.46. The molecule has 0 unspecified atom stereocenters. The molecule has 1 fully saturated rings. The standard InChI is InChI=1S/C22H28N2O3S2/c1-17(10-11-18-8-4-3-5-9-18)23-29(26,27)19-12-13-21(28-2)20(16-19)22(25)24-14-6-7-15-24/h3-5,8-9,12-13,16-17,23H,6-7,10-11,14-15H2,1-2H3/t17-/m0/s1. The van der Waals surface area contributed by atoms with Crippen LogP contribution in [-0.2, 0) is 16.4 Å². The highest BCUT2D eigenvalue weighted by molar-refractivity contribution is 7.98. The zero-order chi connectivity index (χ0) is 20.9. The Morgan fingerprint density at radius 3 is 2.48 bits per heavy atom. The minimum atomic E-state index is -3.70. The van der Waals surface area contributed by atoms with Crippen LogP contribution in [0, 0.1) is 0 Å². The van der Waals surface area contributed by atoms with Gasteiger partial charge in [0, 0.05) is 24.0 Å². The fourth-order valence-electron chi connectivity index (χ4n) is 3.53. The number of nitrogens with one attached hydrogen (secondary N) is 1. The van der Waals surface area contributed by atoms with Crippen molar-refractivity contribution >= 4 is 27.7 Å². The Bertz CT molecular complexity index is 940. The van der Waals surface area contributed by atoms with Gasteiger partial charge in [0.1, 0.15) is 0 Å². The Hall–Kier alpha value is -1.83. The van der Waals surface area contributed by atoms with Crippen molar-refractivity contribution in [2.75, 3.05) is 19.3 Å². The summed E-state index contributed by atoms with van der Waals surface area (Å²) < 4.78 is 28.6. The van der Waals surface area contributed by atoms with Gasteiger partial charge in [-0.2, -0.15) is 0 Å². The van der Waals surface area contributed by atoms with Crippen molar-refractivity contribution in [3.8, 4) is 0 Å². The van der Waals surface area contributed by atoms with E-state index in [4.69, 9.17) is 0 Å². The van der Waals surface area contributed by atoms with Crippen LogP contribution in [0.4, 0.5) is 0 Å². The molecule has 1 amide bonds. The summed E-state index contributed by atoms with van der Waals surface area (Å²) in [5.41, 5.74) is 1.65. The SMILES string of the molecule is CSc1ccc(S(=O)(=O)N[C@@H](C)CCc2ccccc2)cc1C(=O)N1CCCC1. The lowest BCUT2D eigenvalue weighted by Crippen LogP contribution is -2.33. The fourth-order valence-corrected chi connectivity index (χ4v) is 5.41. The summed E-state index contributed by atoms with van der Waals surface area (Å²) in [5.74, 6) is -0.0824. The molecule has 7 heteroatoms. The Morgan fingerprint density at radius 2 is 1.83 bits per heavy atom. The summed E-state index contributed by atoms with van der Waals surface area (Å²) in [7, 11) is -3.70. The molecule has 1 atom stereocenters. The van der Waals surface area contributed by atoms with E-state index in [1.54, 1.807) is 17.0 Å². The molecule has 156 valence electrons. The van der Waals surface area contributed by atoms with Gasteiger partial charge in [-0.1, -0.05) is 30.3 Å². The van der Waals surface area contributed by atoms with Crippen molar-refractivity contribution in [3.63, 3.8) is 0 Å². The number of sulfonamides is 1. The summed E-state index contributed by atoms with van der Waals surface area (Å²) in [5, 5.41) is 0.